The minimum atomic E-state index is 0. The van der Waals surface area contributed by atoms with Crippen LogP contribution in [0, 0.1) is 0 Å². The van der Waals surface area contributed by atoms with E-state index in [0.717, 1.165) is 0 Å². The second kappa shape index (κ2) is 35.7. The minimum absolute atomic E-state index is 0. The van der Waals surface area contributed by atoms with Crippen LogP contribution in [0.4, 0.5) is 0 Å². The summed E-state index contributed by atoms with van der Waals surface area (Å²) >= 11 is 0. The Morgan fingerprint density at radius 3 is 0.500 bits per heavy atom. The molecule has 6 heteroatoms. The molecule has 37 valence electrons. The molecule has 0 aliphatic carbocycles. The molecule has 1 radical (unpaired) electrons. The fourth-order valence-electron chi connectivity index (χ4n) is 0. The number of hydrogen-bond acceptors (Lipinski definition) is 0. The van der Waals surface area contributed by atoms with E-state index < -0.39 is 0 Å². The summed E-state index contributed by atoms with van der Waals surface area (Å²) in [5.74, 6) is 0. The van der Waals surface area contributed by atoms with Gasteiger partial charge in [-0.15, -0.1) is 0 Å². The Balaban J connectivity index is 0. The van der Waals surface area contributed by atoms with Gasteiger partial charge in [-0.2, -0.15) is 0 Å². The van der Waals surface area contributed by atoms with E-state index in [-0.39, 0.29) is 132 Å². The Bertz CT molecular complexity index is 7.51. The summed E-state index contributed by atoms with van der Waals surface area (Å²) in [7, 11) is 0. The van der Waals surface area contributed by atoms with E-state index in [4.69, 9.17) is 0 Å². The molecular weight excluding hydrogens is 628 g/mol. The van der Waals surface area contributed by atoms with E-state index in [1.807, 2.05) is 0 Å². The summed E-state index contributed by atoms with van der Waals surface area (Å²) in [6.45, 7) is 0. The van der Waals surface area contributed by atoms with Gasteiger partial charge in [0.25, 0.3) is 0 Å². The largest absolute Gasteiger partial charge is 2.00 e. The monoisotopic (exact) mass is 626 g/mol. The third-order valence-electron chi connectivity index (χ3n) is 0. The molecule has 0 N–H and O–H groups in total. The zero-order chi connectivity index (χ0) is 0. The van der Waals surface area contributed by atoms with E-state index in [1.54, 1.807) is 0 Å². The molecule has 0 aliphatic rings. The van der Waals surface area contributed by atoms with Crippen LogP contribution in [0.1, 0.15) is 0 Å². The maximum absolute atomic E-state index is 0. The van der Waals surface area contributed by atoms with Crippen LogP contribution in [-0.2, 0) is 36.5 Å². The summed E-state index contributed by atoms with van der Waals surface area (Å²) in [4.78, 5) is 0. The van der Waals surface area contributed by atoms with Gasteiger partial charge >= 0.3 is 36.5 Å². The van der Waals surface area contributed by atoms with Crippen molar-refractivity contribution in [3.8, 4) is 0 Å². The first-order valence-electron chi connectivity index (χ1n) is 0. The van der Waals surface area contributed by atoms with Crippen molar-refractivity contribution < 1.29 is 132 Å². The maximum atomic E-state index is 0. The molecule has 0 aromatic rings. The van der Waals surface area contributed by atoms with Crippen molar-refractivity contribution in [1.29, 1.82) is 0 Å². The molecule has 0 unspecified atom stereocenters. The third kappa shape index (κ3) is 24.4. The summed E-state index contributed by atoms with van der Waals surface area (Å²) < 4.78 is 0. The molecule has 6 heavy (non-hydrogen) atoms. The number of halogens is 4. The molecule has 0 rings (SSSR count). The van der Waals surface area contributed by atoms with E-state index in [2.05, 4.69) is 0 Å². The van der Waals surface area contributed by atoms with Crippen LogP contribution in [0.5, 0.6) is 0 Å². The molecule has 0 saturated carbocycles. The van der Waals surface area contributed by atoms with Crippen LogP contribution in [0.3, 0.4) is 0 Å². The SMILES string of the molecule is [I-].[I-].[I-].[I-].[Mn+2].[Zn+2]. The molecule has 0 nitrogen and oxygen atoms in total. The van der Waals surface area contributed by atoms with E-state index in [1.165, 1.54) is 0 Å². The Kier molecular flexibility index (Phi) is 298. The second-order valence-corrected chi connectivity index (χ2v) is 0. The van der Waals surface area contributed by atoms with Crippen LogP contribution in [0.25, 0.3) is 0 Å². The van der Waals surface area contributed by atoms with Crippen LogP contribution in [0.15, 0.2) is 0 Å². The number of hydrogen-bond donors (Lipinski definition) is 0. The van der Waals surface area contributed by atoms with Gasteiger partial charge in [-0.25, -0.2) is 0 Å². The molecule has 0 saturated heterocycles. The van der Waals surface area contributed by atoms with Crippen LogP contribution < -0.4 is 95.9 Å². The normalized spacial score (nSPS) is 0. The van der Waals surface area contributed by atoms with Crippen molar-refractivity contribution in [2.24, 2.45) is 0 Å². The van der Waals surface area contributed by atoms with Gasteiger partial charge in [0.1, 0.15) is 0 Å². The molecule has 0 bridgehead atoms. The standard InChI is InChI=1S/4HI.Mn.Zn/h4*1H;;/q;;;;2*+2/p-4. The van der Waals surface area contributed by atoms with E-state index in [9.17, 15) is 0 Å². The smallest absolute Gasteiger partial charge is 1.00 e. The Labute approximate surface area is 129 Å². The molecule has 0 atom stereocenters. The zero-order valence-electron chi connectivity index (χ0n) is 2.60. The second-order valence-electron chi connectivity index (χ2n) is 0. The zero-order valence-corrected chi connectivity index (χ0v) is 15.4. The van der Waals surface area contributed by atoms with Crippen molar-refractivity contribution in [3.63, 3.8) is 0 Å². The Morgan fingerprint density at radius 1 is 0.500 bits per heavy atom. The van der Waals surface area contributed by atoms with Crippen molar-refractivity contribution in [2.45, 2.75) is 0 Å². The van der Waals surface area contributed by atoms with Crippen LogP contribution in [-0.4, -0.2) is 0 Å². The summed E-state index contributed by atoms with van der Waals surface area (Å²) in [5.41, 5.74) is 0. The third-order valence-corrected chi connectivity index (χ3v) is 0. The van der Waals surface area contributed by atoms with Gasteiger partial charge in [0.15, 0.2) is 0 Å². The van der Waals surface area contributed by atoms with E-state index in [0.29, 0.717) is 0 Å². The van der Waals surface area contributed by atoms with Gasteiger partial charge in [-0.3, -0.25) is 0 Å². The fourth-order valence-corrected chi connectivity index (χ4v) is 0. The van der Waals surface area contributed by atoms with Crippen LogP contribution >= 0.6 is 0 Å². The van der Waals surface area contributed by atoms with E-state index >= 15 is 0 Å². The predicted molar refractivity (Wildman–Crippen MR) is 0 cm³/mol. The Hall–Kier alpha value is 4.06. The minimum Gasteiger partial charge on any atom is -1.00 e. The average Bonchev–Trinajstić information content (AvgIpc) is 0. The first-order valence-corrected chi connectivity index (χ1v) is 0. The Morgan fingerprint density at radius 2 is 0.500 bits per heavy atom. The van der Waals surface area contributed by atoms with Crippen molar-refractivity contribution in [1.82, 2.24) is 0 Å². The maximum Gasteiger partial charge on any atom is 2.00 e. The molecule has 0 aromatic carbocycles. The summed E-state index contributed by atoms with van der Waals surface area (Å²) in [5, 5.41) is 0. The van der Waals surface area contributed by atoms with Gasteiger partial charge in [0, 0.05) is 0 Å². The van der Waals surface area contributed by atoms with Gasteiger partial charge in [0.05, 0.1) is 0 Å². The molecule has 0 heterocycles. The average molecular weight is 628 g/mol. The van der Waals surface area contributed by atoms with Crippen molar-refractivity contribution >= 4 is 0 Å². The van der Waals surface area contributed by atoms with Gasteiger partial charge < -0.3 is 95.9 Å². The molecular formula is I4MnZn. The van der Waals surface area contributed by atoms with Gasteiger partial charge in [-0.05, 0) is 0 Å². The topological polar surface area (TPSA) is 0 Å². The predicted octanol–water partition coefficient (Wildman–Crippen LogP) is -12.0. The van der Waals surface area contributed by atoms with Gasteiger partial charge in [-0.1, -0.05) is 0 Å². The van der Waals surface area contributed by atoms with Crippen molar-refractivity contribution in [2.75, 3.05) is 0 Å². The first kappa shape index (κ1) is 50.1. The molecule has 0 aromatic heterocycles. The number of rotatable bonds is 0. The first-order chi connectivity index (χ1) is 0. The van der Waals surface area contributed by atoms with Crippen LogP contribution in [0.2, 0.25) is 0 Å². The quantitative estimate of drug-likeness (QED) is 0.185. The fraction of sp³-hybridized carbons (Fsp3) is 0. The summed E-state index contributed by atoms with van der Waals surface area (Å²) in [6, 6.07) is 0. The molecule has 0 spiro atoms. The summed E-state index contributed by atoms with van der Waals surface area (Å²) in [6.07, 6.45) is 0. The molecule has 0 fully saturated rings. The van der Waals surface area contributed by atoms with Gasteiger partial charge in [0.2, 0.25) is 0 Å². The van der Waals surface area contributed by atoms with Crippen molar-refractivity contribution in [3.05, 3.63) is 0 Å². The molecule has 0 amide bonds. The molecule has 0 aliphatic heterocycles.